The normalized spacial score (nSPS) is 10.4. The molecule has 110 valence electrons. The van der Waals surface area contributed by atoms with Crippen LogP contribution in [0.15, 0.2) is 18.2 Å². The van der Waals surface area contributed by atoms with Crippen LogP contribution in [-0.4, -0.2) is 41.6 Å². The summed E-state index contributed by atoms with van der Waals surface area (Å²) in [6, 6.07) is 4.63. The first-order chi connectivity index (χ1) is 9.35. The quantitative estimate of drug-likeness (QED) is 0.877. The number of carboxylic acids is 1. The van der Waals surface area contributed by atoms with E-state index in [1.165, 1.54) is 12.0 Å². The summed E-state index contributed by atoms with van der Waals surface area (Å²) in [5, 5.41) is 9.14. The van der Waals surface area contributed by atoms with Crippen LogP contribution in [-0.2, 0) is 4.79 Å². The number of benzene rings is 1. The van der Waals surface area contributed by atoms with Crippen molar-refractivity contribution < 1.29 is 19.4 Å². The van der Waals surface area contributed by atoms with Gasteiger partial charge in [-0.3, -0.25) is 9.59 Å². The van der Waals surface area contributed by atoms with Crippen molar-refractivity contribution in [3.8, 4) is 5.75 Å². The van der Waals surface area contributed by atoms with E-state index >= 15 is 0 Å². The average molecular weight is 300 g/mol. The molecule has 0 bridgehead atoms. The summed E-state index contributed by atoms with van der Waals surface area (Å²) in [4.78, 5) is 24.6. The van der Waals surface area contributed by atoms with Crippen LogP contribution in [0.25, 0.3) is 0 Å². The lowest BCUT2D eigenvalue weighted by molar-refractivity contribution is -0.137. The van der Waals surface area contributed by atoms with E-state index in [0.29, 0.717) is 16.3 Å². The van der Waals surface area contributed by atoms with Crippen LogP contribution in [0.3, 0.4) is 0 Å². The maximum Gasteiger partial charge on any atom is 0.305 e. The number of carbonyl (C=O) groups excluding carboxylic acids is 1. The second-order valence-electron chi connectivity index (χ2n) is 4.62. The second kappa shape index (κ2) is 7.14. The molecule has 0 aliphatic rings. The first-order valence-corrected chi connectivity index (χ1v) is 6.60. The Labute approximate surface area is 123 Å². The summed E-state index contributed by atoms with van der Waals surface area (Å²) < 4.78 is 5.07. The molecule has 1 aromatic carbocycles. The summed E-state index contributed by atoms with van der Waals surface area (Å²) in [6.45, 7) is 3.82. The predicted octanol–water partition coefficient (Wildman–Crippen LogP) is 2.67. The molecule has 1 N–H and O–H groups in total. The molecule has 1 rings (SSSR count). The van der Waals surface area contributed by atoms with Gasteiger partial charge in [0.15, 0.2) is 0 Å². The Morgan fingerprint density at radius 3 is 2.50 bits per heavy atom. The van der Waals surface area contributed by atoms with Gasteiger partial charge in [-0.2, -0.15) is 0 Å². The number of rotatable bonds is 6. The molecule has 0 aromatic heterocycles. The van der Waals surface area contributed by atoms with Crippen LogP contribution in [0.4, 0.5) is 0 Å². The highest BCUT2D eigenvalue weighted by Crippen LogP contribution is 2.22. The third kappa shape index (κ3) is 4.42. The van der Waals surface area contributed by atoms with Crippen LogP contribution in [0.2, 0.25) is 5.02 Å². The van der Waals surface area contributed by atoms with Crippen LogP contribution >= 0.6 is 11.6 Å². The fourth-order valence-electron chi connectivity index (χ4n) is 1.78. The van der Waals surface area contributed by atoms with Crippen molar-refractivity contribution in [2.45, 2.75) is 26.3 Å². The highest BCUT2D eigenvalue weighted by atomic mass is 35.5. The number of carbonyl (C=O) groups is 2. The van der Waals surface area contributed by atoms with Gasteiger partial charge in [-0.1, -0.05) is 11.6 Å². The molecule has 0 heterocycles. The third-order valence-electron chi connectivity index (χ3n) is 2.80. The van der Waals surface area contributed by atoms with E-state index in [0.717, 1.165) is 0 Å². The number of ether oxygens (including phenoxy) is 1. The molecule has 20 heavy (non-hydrogen) atoms. The first-order valence-electron chi connectivity index (χ1n) is 6.22. The van der Waals surface area contributed by atoms with Gasteiger partial charge in [-0.05, 0) is 32.0 Å². The Morgan fingerprint density at radius 2 is 2.00 bits per heavy atom. The minimum Gasteiger partial charge on any atom is -0.497 e. The molecule has 1 aromatic rings. The van der Waals surface area contributed by atoms with E-state index in [4.69, 9.17) is 21.4 Å². The number of halogens is 1. The highest BCUT2D eigenvalue weighted by molar-refractivity contribution is 6.31. The lowest BCUT2D eigenvalue weighted by Gasteiger charge is -2.26. The second-order valence-corrected chi connectivity index (χ2v) is 5.05. The number of methoxy groups -OCH3 is 1. The largest absolute Gasteiger partial charge is 0.497 e. The Kier molecular flexibility index (Phi) is 5.82. The number of carboxylic acid groups (broad SMARTS) is 1. The molecule has 1 amide bonds. The van der Waals surface area contributed by atoms with E-state index in [2.05, 4.69) is 0 Å². The fraction of sp³-hybridized carbons (Fsp3) is 0.429. The summed E-state index contributed by atoms with van der Waals surface area (Å²) in [7, 11) is 1.49. The van der Waals surface area contributed by atoms with Crippen LogP contribution in [0.5, 0.6) is 5.75 Å². The van der Waals surface area contributed by atoms with Crippen molar-refractivity contribution in [2.24, 2.45) is 0 Å². The SMILES string of the molecule is COc1cc(Cl)cc(C(=O)N(CCC(=O)O)C(C)C)c1. The average Bonchev–Trinajstić information content (AvgIpc) is 2.37. The summed E-state index contributed by atoms with van der Waals surface area (Å²) in [6.07, 6.45) is -0.0956. The Morgan fingerprint density at radius 1 is 1.35 bits per heavy atom. The molecule has 0 unspecified atom stereocenters. The first kappa shape index (κ1) is 16.3. The number of aliphatic carboxylic acids is 1. The van der Waals surface area contributed by atoms with Gasteiger partial charge in [0.2, 0.25) is 0 Å². The maximum absolute atomic E-state index is 12.4. The van der Waals surface area contributed by atoms with Gasteiger partial charge < -0.3 is 14.7 Å². The minimum absolute atomic E-state index is 0.0956. The summed E-state index contributed by atoms with van der Waals surface area (Å²) in [5.41, 5.74) is 0.383. The van der Waals surface area contributed by atoms with Crippen molar-refractivity contribution in [2.75, 3.05) is 13.7 Å². The zero-order valence-electron chi connectivity index (χ0n) is 11.7. The molecule has 0 fully saturated rings. The van der Waals surface area contributed by atoms with Crippen molar-refractivity contribution >= 4 is 23.5 Å². The predicted molar refractivity (Wildman–Crippen MR) is 76.4 cm³/mol. The third-order valence-corrected chi connectivity index (χ3v) is 3.02. The number of amides is 1. The molecule has 0 atom stereocenters. The van der Waals surface area contributed by atoms with E-state index in [1.54, 1.807) is 18.2 Å². The van der Waals surface area contributed by atoms with Crippen LogP contribution in [0.1, 0.15) is 30.6 Å². The monoisotopic (exact) mass is 299 g/mol. The molecule has 0 saturated heterocycles. The molecule has 5 nitrogen and oxygen atoms in total. The molecule has 6 heteroatoms. The van der Waals surface area contributed by atoms with Crippen molar-refractivity contribution in [3.05, 3.63) is 28.8 Å². The molecule has 0 saturated carbocycles. The molecular formula is C14H18ClNO4. The van der Waals surface area contributed by atoms with Gasteiger partial charge in [0.25, 0.3) is 5.91 Å². The number of hydrogen-bond donors (Lipinski definition) is 1. The Hall–Kier alpha value is -1.75. The summed E-state index contributed by atoms with van der Waals surface area (Å²) in [5.74, 6) is -0.711. The molecular weight excluding hydrogens is 282 g/mol. The van der Waals surface area contributed by atoms with Gasteiger partial charge in [0.05, 0.1) is 13.5 Å². The zero-order chi connectivity index (χ0) is 15.3. The fourth-order valence-corrected chi connectivity index (χ4v) is 2.01. The Balaban J connectivity index is 2.99. The highest BCUT2D eigenvalue weighted by Gasteiger charge is 2.20. The minimum atomic E-state index is -0.938. The van der Waals surface area contributed by atoms with E-state index < -0.39 is 5.97 Å². The van der Waals surface area contributed by atoms with Gasteiger partial charge >= 0.3 is 5.97 Å². The van der Waals surface area contributed by atoms with Crippen LogP contribution in [0, 0.1) is 0 Å². The molecule has 0 aliphatic carbocycles. The van der Waals surface area contributed by atoms with Gasteiger partial charge in [0.1, 0.15) is 5.75 Å². The summed E-state index contributed by atoms with van der Waals surface area (Å²) >= 11 is 5.94. The standard InChI is InChI=1S/C14H18ClNO4/c1-9(2)16(5-4-13(17)18)14(19)10-6-11(15)8-12(7-10)20-3/h6-9H,4-5H2,1-3H3,(H,17,18). The maximum atomic E-state index is 12.4. The number of hydrogen-bond acceptors (Lipinski definition) is 3. The van der Waals surface area contributed by atoms with E-state index in [-0.39, 0.29) is 24.9 Å². The molecule has 0 aliphatic heterocycles. The van der Waals surface area contributed by atoms with E-state index in [9.17, 15) is 9.59 Å². The molecule has 0 radical (unpaired) electrons. The molecule has 0 spiro atoms. The van der Waals surface area contributed by atoms with Gasteiger partial charge in [0, 0.05) is 23.2 Å². The van der Waals surface area contributed by atoms with Crippen LogP contribution < -0.4 is 4.74 Å². The van der Waals surface area contributed by atoms with Crippen molar-refractivity contribution in [1.82, 2.24) is 4.90 Å². The van der Waals surface area contributed by atoms with Gasteiger partial charge in [-0.25, -0.2) is 0 Å². The lowest BCUT2D eigenvalue weighted by atomic mass is 10.1. The lowest BCUT2D eigenvalue weighted by Crippen LogP contribution is -2.38. The Bertz CT molecular complexity index is 502. The topological polar surface area (TPSA) is 66.8 Å². The van der Waals surface area contributed by atoms with Gasteiger partial charge in [-0.15, -0.1) is 0 Å². The van der Waals surface area contributed by atoms with E-state index in [1.807, 2.05) is 13.8 Å². The zero-order valence-corrected chi connectivity index (χ0v) is 12.5. The number of nitrogens with zero attached hydrogens (tertiary/aromatic N) is 1. The van der Waals surface area contributed by atoms with Crippen molar-refractivity contribution in [1.29, 1.82) is 0 Å². The van der Waals surface area contributed by atoms with Crippen molar-refractivity contribution in [3.63, 3.8) is 0 Å². The smallest absolute Gasteiger partial charge is 0.305 e.